The van der Waals surface area contributed by atoms with Crippen molar-refractivity contribution in [2.75, 3.05) is 25.1 Å². The minimum absolute atomic E-state index is 0.108. The van der Waals surface area contributed by atoms with Crippen LogP contribution in [0.5, 0.6) is 11.5 Å². The molecule has 2 N–H and O–H groups in total. The number of anilines is 1. The number of sulfonamides is 1. The van der Waals surface area contributed by atoms with E-state index < -0.39 is 10.0 Å². The lowest BCUT2D eigenvalue weighted by atomic mass is 10.1. The van der Waals surface area contributed by atoms with Crippen LogP contribution in [-0.2, 0) is 14.8 Å². The van der Waals surface area contributed by atoms with E-state index in [-0.39, 0.29) is 23.8 Å². The summed E-state index contributed by atoms with van der Waals surface area (Å²) in [5, 5.41) is 2.83. The van der Waals surface area contributed by atoms with Crippen LogP contribution in [0.15, 0.2) is 41.3 Å². The molecule has 0 aromatic heterocycles. The lowest BCUT2D eigenvalue weighted by molar-refractivity contribution is -0.116. The average Bonchev–Trinajstić information content (AvgIpc) is 2.68. The highest BCUT2D eigenvalue weighted by atomic mass is 32.2. The van der Waals surface area contributed by atoms with Gasteiger partial charge in [0, 0.05) is 24.7 Å². The Labute approximate surface area is 165 Å². The predicted molar refractivity (Wildman–Crippen MR) is 106 cm³/mol. The molecule has 0 radical (unpaired) electrons. The normalized spacial score (nSPS) is 13.2. The van der Waals surface area contributed by atoms with E-state index in [4.69, 9.17) is 9.47 Å². The van der Waals surface area contributed by atoms with Crippen molar-refractivity contribution in [3.05, 3.63) is 47.5 Å². The number of fused-ring (bicyclic) bond motifs is 1. The molecule has 2 aromatic rings. The van der Waals surface area contributed by atoms with E-state index in [0.717, 1.165) is 16.8 Å². The summed E-state index contributed by atoms with van der Waals surface area (Å²) >= 11 is 0. The molecule has 1 aliphatic rings. The van der Waals surface area contributed by atoms with Crippen LogP contribution in [0, 0.1) is 13.8 Å². The first-order valence-corrected chi connectivity index (χ1v) is 10.6. The lowest BCUT2D eigenvalue weighted by Gasteiger charge is -2.18. The van der Waals surface area contributed by atoms with Gasteiger partial charge in [0.15, 0.2) is 11.5 Å². The number of benzene rings is 2. The molecule has 0 spiro atoms. The molecule has 0 bridgehead atoms. The van der Waals surface area contributed by atoms with Gasteiger partial charge in [-0.05, 0) is 55.7 Å². The number of aryl methyl sites for hydroxylation is 2. The van der Waals surface area contributed by atoms with Crippen LogP contribution >= 0.6 is 0 Å². The molecule has 1 amide bonds. The van der Waals surface area contributed by atoms with E-state index in [2.05, 4.69) is 10.0 Å². The number of nitrogens with one attached hydrogen (secondary N) is 2. The molecule has 150 valence electrons. The molecule has 0 saturated carbocycles. The summed E-state index contributed by atoms with van der Waals surface area (Å²) in [6, 6.07) is 10.2. The molecule has 0 saturated heterocycles. The highest BCUT2D eigenvalue weighted by Crippen LogP contribution is 2.32. The Morgan fingerprint density at radius 3 is 2.50 bits per heavy atom. The zero-order valence-corrected chi connectivity index (χ0v) is 16.8. The number of rotatable bonds is 7. The number of hydrogen-bond acceptors (Lipinski definition) is 5. The fourth-order valence-corrected chi connectivity index (χ4v) is 3.86. The van der Waals surface area contributed by atoms with Crippen molar-refractivity contribution in [3.63, 3.8) is 0 Å². The third kappa shape index (κ3) is 5.02. The number of carbonyl (C=O) groups excluding carboxylic acids is 1. The molecule has 0 aliphatic carbocycles. The first-order chi connectivity index (χ1) is 13.3. The van der Waals surface area contributed by atoms with Gasteiger partial charge in [-0.1, -0.05) is 6.07 Å². The second-order valence-corrected chi connectivity index (χ2v) is 8.42. The summed E-state index contributed by atoms with van der Waals surface area (Å²) in [5.74, 6) is 0.803. The SMILES string of the molecule is Cc1ccc(NC(=O)CCCNS(=O)(=O)c2ccc3c(c2)OCCO3)cc1C. The minimum Gasteiger partial charge on any atom is -0.486 e. The molecular formula is C20H24N2O5S. The van der Waals surface area contributed by atoms with Crippen LogP contribution < -0.4 is 19.5 Å². The van der Waals surface area contributed by atoms with E-state index in [1.165, 1.54) is 12.1 Å². The maximum Gasteiger partial charge on any atom is 0.240 e. The van der Waals surface area contributed by atoms with Gasteiger partial charge in [0.05, 0.1) is 4.90 Å². The van der Waals surface area contributed by atoms with Crippen molar-refractivity contribution < 1.29 is 22.7 Å². The second-order valence-electron chi connectivity index (χ2n) is 6.65. The van der Waals surface area contributed by atoms with Crippen LogP contribution in [0.25, 0.3) is 0 Å². The van der Waals surface area contributed by atoms with Crippen molar-refractivity contribution in [2.45, 2.75) is 31.6 Å². The largest absolute Gasteiger partial charge is 0.486 e. The topological polar surface area (TPSA) is 93.7 Å². The molecule has 7 nitrogen and oxygen atoms in total. The van der Waals surface area contributed by atoms with Crippen LogP contribution in [0.2, 0.25) is 0 Å². The van der Waals surface area contributed by atoms with Crippen LogP contribution in [0.3, 0.4) is 0 Å². The zero-order chi connectivity index (χ0) is 20.1. The first-order valence-electron chi connectivity index (χ1n) is 9.11. The van der Waals surface area contributed by atoms with Crippen molar-refractivity contribution >= 4 is 21.6 Å². The minimum atomic E-state index is -3.68. The Kier molecular flexibility index (Phi) is 6.21. The molecule has 0 atom stereocenters. The predicted octanol–water partition coefficient (Wildman–Crippen LogP) is 2.77. The Balaban J connectivity index is 1.48. The average molecular weight is 404 g/mol. The number of hydrogen-bond donors (Lipinski definition) is 2. The van der Waals surface area contributed by atoms with Gasteiger partial charge in [-0.25, -0.2) is 13.1 Å². The fourth-order valence-electron chi connectivity index (χ4n) is 2.77. The van der Waals surface area contributed by atoms with Gasteiger partial charge in [0.1, 0.15) is 13.2 Å². The Hall–Kier alpha value is -2.58. The van der Waals surface area contributed by atoms with Gasteiger partial charge in [-0.15, -0.1) is 0 Å². The summed E-state index contributed by atoms with van der Waals surface area (Å²) in [4.78, 5) is 12.2. The molecular weight excluding hydrogens is 380 g/mol. The van der Waals surface area contributed by atoms with Gasteiger partial charge in [-0.2, -0.15) is 0 Å². The standard InChI is InChI=1S/C20H24N2O5S/c1-14-5-6-16(12-15(14)2)22-20(23)4-3-9-21-28(24,25)17-7-8-18-19(13-17)27-11-10-26-18/h5-8,12-13,21H,3-4,9-11H2,1-2H3,(H,22,23). The monoisotopic (exact) mass is 404 g/mol. The Morgan fingerprint density at radius 1 is 1.00 bits per heavy atom. The Bertz CT molecular complexity index is 973. The first kappa shape index (κ1) is 20.2. The Morgan fingerprint density at radius 2 is 1.75 bits per heavy atom. The summed E-state index contributed by atoms with van der Waals surface area (Å²) in [7, 11) is -3.68. The van der Waals surface area contributed by atoms with E-state index in [1.807, 2.05) is 32.0 Å². The molecule has 2 aromatic carbocycles. The van der Waals surface area contributed by atoms with Gasteiger partial charge >= 0.3 is 0 Å². The van der Waals surface area contributed by atoms with Gasteiger partial charge in [0.2, 0.25) is 15.9 Å². The highest BCUT2D eigenvalue weighted by molar-refractivity contribution is 7.89. The zero-order valence-electron chi connectivity index (χ0n) is 15.9. The molecule has 0 fully saturated rings. The highest BCUT2D eigenvalue weighted by Gasteiger charge is 2.19. The maximum atomic E-state index is 12.4. The summed E-state index contributed by atoms with van der Waals surface area (Å²) in [6.07, 6.45) is 0.608. The molecule has 1 aliphatic heterocycles. The summed E-state index contributed by atoms with van der Waals surface area (Å²) in [5.41, 5.74) is 3.00. The summed E-state index contributed by atoms with van der Waals surface area (Å²) < 4.78 is 38.2. The van der Waals surface area contributed by atoms with E-state index in [0.29, 0.717) is 31.1 Å². The smallest absolute Gasteiger partial charge is 0.240 e. The summed E-state index contributed by atoms with van der Waals surface area (Å²) in [6.45, 7) is 4.99. The van der Waals surface area contributed by atoms with Crippen molar-refractivity contribution in [2.24, 2.45) is 0 Å². The number of ether oxygens (including phenoxy) is 2. The molecule has 3 rings (SSSR count). The van der Waals surface area contributed by atoms with Gasteiger partial charge in [-0.3, -0.25) is 4.79 Å². The third-order valence-corrected chi connectivity index (χ3v) is 5.95. The van der Waals surface area contributed by atoms with Crippen molar-refractivity contribution in [1.29, 1.82) is 0 Å². The van der Waals surface area contributed by atoms with E-state index in [9.17, 15) is 13.2 Å². The lowest BCUT2D eigenvalue weighted by Crippen LogP contribution is -2.26. The van der Waals surface area contributed by atoms with Crippen molar-refractivity contribution in [3.8, 4) is 11.5 Å². The van der Waals surface area contributed by atoms with Crippen LogP contribution in [0.1, 0.15) is 24.0 Å². The molecule has 8 heteroatoms. The number of carbonyl (C=O) groups is 1. The molecule has 28 heavy (non-hydrogen) atoms. The van der Waals surface area contributed by atoms with Gasteiger partial charge < -0.3 is 14.8 Å². The number of amides is 1. The van der Waals surface area contributed by atoms with Crippen LogP contribution in [-0.4, -0.2) is 34.1 Å². The fraction of sp³-hybridized carbons (Fsp3) is 0.350. The van der Waals surface area contributed by atoms with Crippen LogP contribution in [0.4, 0.5) is 5.69 Å². The van der Waals surface area contributed by atoms with E-state index in [1.54, 1.807) is 6.07 Å². The quantitative estimate of drug-likeness (QED) is 0.692. The van der Waals surface area contributed by atoms with Crippen molar-refractivity contribution in [1.82, 2.24) is 4.72 Å². The maximum absolute atomic E-state index is 12.4. The molecule has 0 unspecified atom stereocenters. The molecule has 1 heterocycles. The second kappa shape index (κ2) is 8.62. The third-order valence-electron chi connectivity index (χ3n) is 4.49. The van der Waals surface area contributed by atoms with E-state index >= 15 is 0 Å². The van der Waals surface area contributed by atoms with Gasteiger partial charge in [0.25, 0.3) is 0 Å².